The number of hydrogen-bond acceptors (Lipinski definition) is 1. The third-order valence-corrected chi connectivity index (χ3v) is 6.31. The van der Waals surface area contributed by atoms with Crippen molar-refractivity contribution in [1.82, 2.24) is 0 Å². The van der Waals surface area contributed by atoms with Crippen LogP contribution in [0.25, 0.3) is 22.3 Å². The first-order valence-electron chi connectivity index (χ1n) is 10.8. The predicted molar refractivity (Wildman–Crippen MR) is 123 cm³/mol. The summed E-state index contributed by atoms with van der Waals surface area (Å²) in [7, 11) is 0. The number of hydrogen-bond donors (Lipinski definition) is 0. The molecule has 0 spiro atoms. The van der Waals surface area contributed by atoms with Crippen LogP contribution < -0.4 is 0 Å². The van der Waals surface area contributed by atoms with Crippen LogP contribution in [0.5, 0.6) is 0 Å². The number of alkyl halides is 1. The third-order valence-electron chi connectivity index (χ3n) is 6.31. The van der Waals surface area contributed by atoms with Crippen molar-refractivity contribution < 1.29 is 9.13 Å². The molecule has 1 nitrogen and oxygen atoms in total. The Morgan fingerprint density at radius 3 is 2.17 bits per heavy atom. The molecule has 0 radical (unpaired) electrons. The summed E-state index contributed by atoms with van der Waals surface area (Å²) in [5, 5.41) is 0. The van der Waals surface area contributed by atoms with Crippen molar-refractivity contribution in [1.29, 1.82) is 0 Å². The van der Waals surface area contributed by atoms with E-state index in [0.29, 0.717) is 18.4 Å². The van der Waals surface area contributed by atoms with E-state index in [0.717, 1.165) is 5.56 Å². The molecule has 2 heteroatoms. The van der Waals surface area contributed by atoms with Crippen molar-refractivity contribution in [3.63, 3.8) is 0 Å². The highest BCUT2D eigenvalue weighted by molar-refractivity contribution is 5.73. The Morgan fingerprint density at radius 1 is 0.833 bits per heavy atom. The molecule has 1 aliphatic rings. The smallest absolute Gasteiger partial charge is 0.188 e. The quantitative estimate of drug-likeness (QED) is 0.366. The van der Waals surface area contributed by atoms with Gasteiger partial charge in [-0.2, -0.15) is 0 Å². The van der Waals surface area contributed by atoms with E-state index < -0.39 is 6.86 Å². The van der Waals surface area contributed by atoms with E-state index in [2.05, 4.69) is 79.4 Å². The Bertz CT molecular complexity index is 954. The maximum atomic E-state index is 12.5. The molecule has 0 unspecified atom stereocenters. The minimum absolute atomic E-state index is 0.318. The topological polar surface area (TPSA) is 9.23 Å². The van der Waals surface area contributed by atoms with Gasteiger partial charge < -0.3 is 4.74 Å². The normalized spacial score (nSPS) is 18.8. The maximum absolute atomic E-state index is 12.5. The summed E-state index contributed by atoms with van der Waals surface area (Å²) in [5.74, 6) is 1.16. The van der Waals surface area contributed by atoms with Gasteiger partial charge in [-0.15, -0.1) is 6.58 Å². The van der Waals surface area contributed by atoms with Gasteiger partial charge in [0.25, 0.3) is 0 Å². The first-order valence-corrected chi connectivity index (χ1v) is 10.8. The van der Waals surface area contributed by atoms with Crippen LogP contribution in [0.2, 0.25) is 0 Å². The Labute approximate surface area is 179 Å². The Kier molecular flexibility index (Phi) is 6.76. The lowest BCUT2D eigenvalue weighted by molar-refractivity contribution is 0.0462. The summed E-state index contributed by atoms with van der Waals surface area (Å²) in [4.78, 5) is 0. The molecular weight excluding hydrogens is 371 g/mol. The molecule has 30 heavy (non-hydrogen) atoms. The van der Waals surface area contributed by atoms with Crippen LogP contribution in [-0.2, 0) is 11.3 Å². The molecule has 3 aromatic rings. The number of allylic oxidation sites excluding steroid dienone is 1. The fraction of sp³-hybridized carbons (Fsp3) is 0.286. The minimum atomic E-state index is -0.748. The minimum Gasteiger partial charge on any atom is -0.346 e. The van der Waals surface area contributed by atoms with Crippen molar-refractivity contribution >= 4 is 0 Å². The lowest BCUT2D eigenvalue weighted by Crippen LogP contribution is -2.12. The van der Waals surface area contributed by atoms with Crippen LogP contribution in [0.3, 0.4) is 0 Å². The lowest BCUT2D eigenvalue weighted by atomic mass is 9.76. The number of ether oxygens (including phenoxy) is 1. The van der Waals surface area contributed by atoms with Crippen molar-refractivity contribution in [2.45, 2.75) is 38.2 Å². The molecule has 0 amide bonds. The SMILES string of the molecule is C=CC1CCC(c2cc(COCF)ccc2-c2ccc(-c3ccccc3)cc2)CC1. The lowest BCUT2D eigenvalue weighted by Gasteiger charge is -2.29. The highest BCUT2D eigenvalue weighted by atomic mass is 19.1. The Hall–Kier alpha value is -2.71. The zero-order valence-electron chi connectivity index (χ0n) is 17.4. The van der Waals surface area contributed by atoms with Crippen LogP contribution in [0.1, 0.15) is 42.7 Å². The van der Waals surface area contributed by atoms with E-state index in [1.165, 1.54) is 53.5 Å². The van der Waals surface area contributed by atoms with E-state index >= 15 is 0 Å². The molecule has 1 saturated carbocycles. The maximum Gasteiger partial charge on any atom is 0.188 e. The third kappa shape index (κ3) is 4.71. The summed E-state index contributed by atoms with van der Waals surface area (Å²) in [5.41, 5.74) is 7.36. The molecule has 3 aromatic carbocycles. The largest absolute Gasteiger partial charge is 0.346 e. The summed E-state index contributed by atoms with van der Waals surface area (Å²) < 4.78 is 17.5. The highest BCUT2D eigenvalue weighted by Crippen LogP contribution is 2.41. The molecule has 0 atom stereocenters. The molecule has 0 bridgehead atoms. The summed E-state index contributed by atoms with van der Waals surface area (Å²) in [6.45, 7) is 3.55. The van der Waals surface area contributed by atoms with Crippen LogP contribution >= 0.6 is 0 Å². The van der Waals surface area contributed by atoms with Gasteiger partial charge in [0, 0.05) is 0 Å². The molecule has 0 heterocycles. The van der Waals surface area contributed by atoms with Crippen LogP contribution in [0.15, 0.2) is 85.5 Å². The van der Waals surface area contributed by atoms with Crippen LogP contribution in [0.4, 0.5) is 4.39 Å². The summed E-state index contributed by atoms with van der Waals surface area (Å²) in [6.07, 6.45) is 6.81. The fourth-order valence-corrected chi connectivity index (χ4v) is 4.60. The van der Waals surface area contributed by atoms with Gasteiger partial charge >= 0.3 is 0 Å². The van der Waals surface area contributed by atoms with E-state index in [9.17, 15) is 4.39 Å². The molecule has 0 N–H and O–H groups in total. The van der Waals surface area contributed by atoms with Gasteiger partial charge in [0.1, 0.15) is 0 Å². The zero-order chi connectivity index (χ0) is 20.8. The average Bonchev–Trinajstić information content (AvgIpc) is 2.83. The molecule has 1 aliphatic carbocycles. The first kappa shape index (κ1) is 20.6. The van der Waals surface area contributed by atoms with Gasteiger partial charge in [-0.1, -0.05) is 78.9 Å². The molecule has 0 aliphatic heterocycles. The van der Waals surface area contributed by atoms with E-state index in [1.54, 1.807) is 0 Å². The van der Waals surface area contributed by atoms with Gasteiger partial charge in [-0.3, -0.25) is 0 Å². The monoisotopic (exact) mass is 400 g/mol. The summed E-state index contributed by atoms with van der Waals surface area (Å²) >= 11 is 0. The van der Waals surface area contributed by atoms with Gasteiger partial charge in [-0.25, -0.2) is 4.39 Å². The number of benzene rings is 3. The second kappa shape index (κ2) is 9.86. The molecule has 154 valence electrons. The van der Waals surface area contributed by atoms with Crippen molar-refractivity contribution in [2.75, 3.05) is 6.86 Å². The predicted octanol–water partition coefficient (Wildman–Crippen LogP) is 7.92. The zero-order valence-corrected chi connectivity index (χ0v) is 17.4. The standard InChI is InChI=1S/C28H29FO/c1-2-21-8-11-26(12-9-21)28-18-22(19-30-20-29)10-17-27(28)25-15-13-24(14-16-25)23-6-4-3-5-7-23/h2-7,10,13-18,21,26H,1,8-9,11-12,19-20H2. The first-order chi connectivity index (χ1) is 14.8. The van der Waals surface area contributed by atoms with Crippen molar-refractivity contribution in [3.8, 4) is 22.3 Å². The fourth-order valence-electron chi connectivity index (χ4n) is 4.60. The van der Waals surface area contributed by atoms with E-state index in [1.807, 2.05) is 6.07 Å². The second-order valence-electron chi connectivity index (χ2n) is 8.17. The second-order valence-corrected chi connectivity index (χ2v) is 8.17. The van der Waals surface area contributed by atoms with Crippen molar-refractivity contribution in [2.24, 2.45) is 5.92 Å². The molecular formula is C28H29FO. The Balaban J connectivity index is 1.65. The molecule has 4 rings (SSSR count). The number of rotatable bonds is 7. The molecule has 0 saturated heterocycles. The van der Waals surface area contributed by atoms with Gasteiger partial charge in [-0.05, 0) is 70.9 Å². The van der Waals surface area contributed by atoms with Crippen molar-refractivity contribution in [3.05, 3.63) is 96.6 Å². The number of halogens is 1. The summed E-state index contributed by atoms with van der Waals surface area (Å²) in [6, 6.07) is 25.8. The average molecular weight is 401 g/mol. The molecule has 0 aromatic heterocycles. The van der Waals surface area contributed by atoms with E-state index in [-0.39, 0.29) is 0 Å². The van der Waals surface area contributed by atoms with Crippen LogP contribution in [0, 0.1) is 5.92 Å². The van der Waals surface area contributed by atoms with Gasteiger partial charge in [0.2, 0.25) is 0 Å². The van der Waals surface area contributed by atoms with Gasteiger partial charge in [0.15, 0.2) is 6.86 Å². The van der Waals surface area contributed by atoms with Crippen LogP contribution in [-0.4, -0.2) is 6.86 Å². The Morgan fingerprint density at radius 2 is 1.50 bits per heavy atom. The van der Waals surface area contributed by atoms with E-state index in [4.69, 9.17) is 4.74 Å². The highest BCUT2D eigenvalue weighted by Gasteiger charge is 2.23. The molecule has 1 fully saturated rings. The van der Waals surface area contributed by atoms with Gasteiger partial charge in [0.05, 0.1) is 6.61 Å².